The zero-order valence-corrected chi connectivity index (χ0v) is 12.1. The van der Waals surface area contributed by atoms with E-state index in [1.54, 1.807) is 6.07 Å². The number of ether oxygens (including phenoxy) is 1. The summed E-state index contributed by atoms with van der Waals surface area (Å²) in [4.78, 5) is 0. The molecule has 0 aliphatic rings. The van der Waals surface area contributed by atoms with Crippen molar-refractivity contribution in [1.82, 2.24) is 0 Å². The Kier molecular flexibility index (Phi) is 5.24. The second-order valence-electron chi connectivity index (χ2n) is 4.37. The Balaban J connectivity index is 2.06. The maximum atomic E-state index is 13.1. The van der Waals surface area contributed by atoms with E-state index in [0.717, 1.165) is 22.6 Å². The molecule has 0 saturated carbocycles. The fourth-order valence-corrected chi connectivity index (χ4v) is 2.15. The van der Waals surface area contributed by atoms with Crippen molar-refractivity contribution >= 4 is 17.3 Å². The number of halogens is 2. The lowest BCUT2D eigenvalue weighted by Crippen LogP contribution is -2.01. The van der Waals surface area contributed by atoms with Crippen molar-refractivity contribution in [3.8, 4) is 5.75 Å². The van der Waals surface area contributed by atoms with Gasteiger partial charge in [0.05, 0.1) is 12.5 Å². The van der Waals surface area contributed by atoms with Crippen LogP contribution in [0.25, 0.3) is 0 Å². The highest BCUT2D eigenvalue weighted by molar-refractivity contribution is 6.17. The Hall–Kier alpha value is -1.74. The van der Waals surface area contributed by atoms with Gasteiger partial charge in [0.2, 0.25) is 0 Å². The van der Waals surface area contributed by atoms with Crippen LogP contribution in [-0.2, 0) is 12.4 Å². The van der Waals surface area contributed by atoms with Crippen molar-refractivity contribution in [2.45, 2.75) is 19.3 Å². The summed E-state index contributed by atoms with van der Waals surface area (Å²) in [5.74, 6) is 0.974. The Morgan fingerprint density at radius 3 is 2.75 bits per heavy atom. The molecular formula is C16H17ClFNO. The third-order valence-corrected chi connectivity index (χ3v) is 3.18. The van der Waals surface area contributed by atoms with E-state index in [9.17, 15) is 4.39 Å². The fourth-order valence-electron chi connectivity index (χ4n) is 1.94. The van der Waals surface area contributed by atoms with Crippen LogP contribution in [0, 0.1) is 5.82 Å². The maximum Gasteiger partial charge on any atom is 0.123 e. The van der Waals surface area contributed by atoms with Gasteiger partial charge in [-0.15, -0.1) is 11.6 Å². The lowest BCUT2D eigenvalue weighted by molar-refractivity contribution is 0.337. The third-order valence-electron chi connectivity index (χ3n) is 2.89. The molecule has 2 rings (SSSR count). The van der Waals surface area contributed by atoms with E-state index >= 15 is 0 Å². The Labute approximate surface area is 123 Å². The smallest absolute Gasteiger partial charge is 0.123 e. The zero-order chi connectivity index (χ0) is 14.4. The normalized spacial score (nSPS) is 10.3. The summed E-state index contributed by atoms with van der Waals surface area (Å²) in [5.41, 5.74) is 2.78. The number of alkyl halides is 1. The first-order valence-electron chi connectivity index (χ1n) is 6.53. The van der Waals surface area contributed by atoms with Gasteiger partial charge in [-0.1, -0.05) is 12.1 Å². The molecule has 0 radical (unpaired) electrons. The van der Waals surface area contributed by atoms with E-state index in [1.807, 2.05) is 31.2 Å². The van der Waals surface area contributed by atoms with E-state index in [1.165, 1.54) is 12.1 Å². The van der Waals surface area contributed by atoms with Crippen molar-refractivity contribution in [2.24, 2.45) is 0 Å². The molecule has 2 nitrogen and oxygen atoms in total. The molecule has 1 N–H and O–H groups in total. The Morgan fingerprint density at radius 2 is 2.05 bits per heavy atom. The second kappa shape index (κ2) is 7.15. The second-order valence-corrected chi connectivity index (χ2v) is 4.64. The molecule has 2 aromatic carbocycles. The first-order valence-corrected chi connectivity index (χ1v) is 7.06. The van der Waals surface area contributed by atoms with E-state index in [2.05, 4.69) is 5.32 Å². The minimum atomic E-state index is -0.225. The highest BCUT2D eigenvalue weighted by Crippen LogP contribution is 2.25. The summed E-state index contributed by atoms with van der Waals surface area (Å²) >= 11 is 5.92. The van der Waals surface area contributed by atoms with Crippen LogP contribution in [0.2, 0.25) is 0 Å². The van der Waals surface area contributed by atoms with Crippen molar-refractivity contribution in [3.05, 3.63) is 59.4 Å². The Morgan fingerprint density at radius 1 is 1.20 bits per heavy atom. The van der Waals surface area contributed by atoms with Crippen LogP contribution in [0.4, 0.5) is 10.1 Å². The molecule has 4 heteroatoms. The van der Waals surface area contributed by atoms with E-state index in [-0.39, 0.29) is 5.82 Å². The highest BCUT2D eigenvalue weighted by atomic mass is 35.5. The summed E-state index contributed by atoms with van der Waals surface area (Å²) in [5, 5.41) is 3.25. The first kappa shape index (κ1) is 14.7. The number of benzene rings is 2. The molecule has 0 aromatic heterocycles. The molecule has 0 amide bonds. The lowest BCUT2D eigenvalue weighted by atomic mass is 10.1. The van der Waals surface area contributed by atoms with Crippen LogP contribution in [0.3, 0.4) is 0 Å². The molecule has 0 aliphatic carbocycles. The summed E-state index contributed by atoms with van der Waals surface area (Å²) in [6.45, 7) is 3.11. The molecule has 0 atom stereocenters. The molecule has 0 heterocycles. The standard InChI is InChI=1S/C16H17ClFNO/c1-2-20-16-7-6-15(9-13(16)10-17)19-11-12-4-3-5-14(18)8-12/h3-9,19H,2,10-11H2,1H3. The van der Waals surface area contributed by atoms with Gasteiger partial charge in [-0.25, -0.2) is 4.39 Å². The molecule has 20 heavy (non-hydrogen) atoms. The minimum absolute atomic E-state index is 0.225. The van der Waals surface area contributed by atoms with E-state index < -0.39 is 0 Å². The van der Waals surface area contributed by atoms with Crippen molar-refractivity contribution in [2.75, 3.05) is 11.9 Å². The quantitative estimate of drug-likeness (QED) is 0.787. The molecule has 0 bridgehead atoms. The SMILES string of the molecule is CCOc1ccc(NCc2cccc(F)c2)cc1CCl. The molecule has 0 spiro atoms. The maximum absolute atomic E-state index is 13.1. The molecule has 106 valence electrons. The molecule has 0 aliphatic heterocycles. The predicted octanol–water partition coefficient (Wildman–Crippen LogP) is 4.58. The fraction of sp³-hybridized carbons (Fsp3) is 0.250. The predicted molar refractivity (Wildman–Crippen MR) is 80.9 cm³/mol. The summed E-state index contributed by atoms with van der Waals surface area (Å²) < 4.78 is 18.6. The summed E-state index contributed by atoms with van der Waals surface area (Å²) in [6.07, 6.45) is 0. The average Bonchev–Trinajstić information content (AvgIpc) is 2.46. The molecule has 0 unspecified atom stereocenters. The lowest BCUT2D eigenvalue weighted by Gasteiger charge is -2.12. The van der Waals surface area contributed by atoms with Gasteiger partial charge in [0.1, 0.15) is 11.6 Å². The van der Waals surface area contributed by atoms with Crippen LogP contribution < -0.4 is 10.1 Å². The molecule has 0 fully saturated rings. The monoisotopic (exact) mass is 293 g/mol. The van der Waals surface area contributed by atoms with Gasteiger partial charge in [-0.05, 0) is 42.8 Å². The first-order chi connectivity index (χ1) is 9.72. The van der Waals surface area contributed by atoms with Gasteiger partial charge in [0, 0.05) is 17.8 Å². The summed E-state index contributed by atoms with van der Waals surface area (Å²) in [6, 6.07) is 12.3. The highest BCUT2D eigenvalue weighted by Gasteiger charge is 2.04. The molecule has 0 saturated heterocycles. The number of nitrogens with one attached hydrogen (secondary N) is 1. The van der Waals surface area contributed by atoms with Crippen LogP contribution >= 0.6 is 11.6 Å². The van der Waals surface area contributed by atoms with Gasteiger partial charge in [0.25, 0.3) is 0 Å². The minimum Gasteiger partial charge on any atom is -0.494 e. The third kappa shape index (κ3) is 3.87. The van der Waals surface area contributed by atoms with Gasteiger partial charge < -0.3 is 10.1 Å². The number of hydrogen-bond donors (Lipinski definition) is 1. The van der Waals surface area contributed by atoms with Crippen LogP contribution in [0.1, 0.15) is 18.1 Å². The summed E-state index contributed by atoms with van der Waals surface area (Å²) in [7, 11) is 0. The van der Waals surface area contributed by atoms with Gasteiger partial charge >= 0.3 is 0 Å². The zero-order valence-electron chi connectivity index (χ0n) is 11.3. The van der Waals surface area contributed by atoms with Gasteiger partial charge in [-0.3, -0.25) is 0 Å². The number of rotatable bonds is 6. The van der Waals surface area contributed by atoms with E-state index in [0.29, 0.717) is 19.0 Å². The molecular weight excluding hydrogens is 277 g/mol. The van der Waals surface area contributed by atoms with Crippen molar-refractivity contribution in [1.29, 1.82) is 0 Å². The Bertz CT molecular complexity index is 574. The van der Waals surface area contributed by atoms with E-state index in [4.69, 9.17) is 16.3 Å². The van der Waals surface area contributed by atoms with Crippen molar-refractivity contribution in [3.63, 3.8) is 0 Å². The van der Waals surface area contributed by atoms with Crippen molar-refractivity contribution < 1.29 is 9.13 Å². The number of anilines is 1. The average molecular weight is 294 g/mol. The van der Waals surface area contributed by atoms with Crippen LogP contribution in [0.5, 0.6) is 5.75 Å². The van der Waals surface area contributed by atoms with Crippen LogP contribution in [0.15, 0.2) is 42.5 Å². The van der Waals surface area contributed by atoms with Crippen LogP contribution in [-0.4, -0.2) is 6.61 Å². The topological polar surface area (TPSA) is 21.3 Å². The molecule has 2 aromatic rings. The largest absolute Gasteiger partial charge is 0.494 e. The van der Waals surface area contributed by atoms with Gasteiger partial charge in [-0.2, -0.15) is 0 Å². The number of hydrogen-bond acceptors (Lipinski definition) is 2. The van der Waals surface area contributed by atoms with Gasteiger partial charge in [0.15, 0.2) is 0 Å².